The Kier molecular flexibility index (Phi) is 3.96. The van der Waals surface area contributed by atoms with E-state index < -0.39 is 5.60 Å². The van der Waals surface area contributed by atoms with Crippen molar-refractivity contribution in [3.05, 3.63) is 58.1 Å². The van der Waals surface area contributed by atoms with Crippen LogP contribution >= 0.6 is 15.9 Å². The topological polar surface area (TPSA) is 35.5 Å². The maximum absolute atomic E-state index is 12.4. The second kappa shape index (κ2) is 5.76. The third-order valence-electron chi connectivity index (χ3n) is 3.85. The van der Waals surface area contributed by atoms with Crippen LogP contribution in [0.1, 0.15) is 29.3 Å². The Balaban J connectivity index is 1.88. The lowest BCUT2D eigenvalue weighted by atomic mass is 9.86. The van der Waals surface area contributed by atoms with E-state index in [1.54, 1.807) is 7.11 Å². The first-order valence-electron chi connectivity index (χ1n) is 7.14. The number of ether oxygens (including phenoxy) is 2. The fourth-order valence-electron chi connectivity index (χ4n) is 2.86. The number of ketones is 1. The smallest absolute Gasteiger partial charge is 0.170 e. The Morgan fingerprint density at radius 1 is 1.27 bits per heavy atom. The molecule has 1 aliphatic rings. The normalized spacial score (nSPS) is 20.2. The lowest BCUT2D eigenvalue weighted by Gasteiger charge is -2.35. The van der Waals surface area contributed by atoms with Crippen LogP contribution in [-0.4, -0.2) is 18.5 Å². The van der Waals surface area contributed by atoms with E-state index in [-0.39, 0.29) is 5.78 Å². The van der Waals surface area contributed by atoms with Crippen molar-refractivity contribution in [3.63, 3.8) is 0 Å². The largest absolute Gasteiger partial charge is 0.497 e. The maximum Gasteiger partial charge on any atom is 0.170 e. The Morgan fingerprint density at radius 2 is 2.09 bits per heavy atom. The molecule has 1 atom stereocenters. The predicted octanol–water partition coefficient (Wildman–Crippen LogP) is 4.42. The van der Waals surface area contributed by atoms with E-state index in [9.17, 15) is 4.79 Å². The van der Waals surface area contributed by atoms with E-state index in [4.69, 9.17) is 9.47 Å². The average Bonchev–Trinajstić information content (AvgIpc) is 2.48. The summed E-state index contributed by atoms with van der Waals surface area (Å²) in [6.45, 7) is 1.98. The van der Waals surface area contributed by atoms with Gasteiger partial charge >= 0.3 is 0 Å². The quantitative estimate of drug-likeness (QED) is 0.812. The van der Waals surface area contributed by atoms with Gasteiger partial charge in [-0.1, -0.05) is 28.1 Å². The summed E-state index contributed by atoms with van der Waals surface area (Å²) in [5.41, 5.74) is 1.21. The molecule has 0 N–H and O–H groups in total. The molecule has 0 amide bonds. The zero-order valence-electron chi connectivity index (χ0n) is 12.6. The summed E-state index contributed by atoms with van der Waals surface area (Å²) >= 11 is 3.39. The van der Waals surface area contributed by atoms with E-state index in [0.717, 1.165) is 15.8 Å². The van der Waals surface area contributed by atoms with Crippen molar-refractivity contribution in [2.24, 2.45) is 0 Å². The highest BCUT2D eigenvalue weighted by atomic mass is 79.9. The third kappa shape index (κ3) is 3.02. The zero-order chi connectivity index (χ0) is 15.7. The number of rotatable bonds is 3. The molecule has 0 radical (unpaired) electrons. The molecule has 0 spiro atoms. The van der Waals surface area contributed by atoms with E-state index in [2.05, 4.69) is 15.9 Å². The molecule has 0 saturated heterocycles. The highest BCUT2D eigenvalue weighted by molar-refractivity contribution is 9.10. The standard InChI is InChI=1S/C18H17BrO3/c1-18(10-12-4-3-5-14(8-12)21-2)11-16(20)15-9-13(19)6-7-17(15)22-18/h3-9H,10-11H2,1-2H3. The van der Waals surface area contributed by atoms with Crippen molar-refractivity contribution < 1.29 is 14.3 Å². The number of fused-ring (bicyclic) bond motifs is 1. The van der Waals surface area contributed by atoms with E-state index in [1.165, 1.54) is 0 Å². The molecular formula is C18H17BrO3. The van der Waals surface area contributed by atoms with Crippen molar-refractivity contribution in [2.75, 3.05) is 7.11 Å². The Labute approximate surface area is 138 Å². The molecule has 1 unspecified atom stereocenters. The van der Waals surface area contributed by atoms with Gasteiger partial charge in [-0.2, -0.15) is 0 Å². The van der Waals surface area contributed by atoms with Crippen molar-refractivity contribution in [3.8, 4) is 11.5 Å². The number of hydrogen-bond donors (Lipinski definition) is 0. The molecule has 3 rings (SSSR count). The molecule has 0 aliphatic carbocycles. The molecule has 3 nitrogen and oxygen atoms in total. The van der Waals surface area contributed by atoms with E-state index in [0.29, 0.717) is 24.2 Å². The molecule has 114 valence electrons. The zero-order valence-corrected chi connectivity index (χ0v) is 14.1. The van der Waals surface area contributed by atoms with Crippen LogP contribution in [0.25, 0.3) is 0 Å². The lowest BCUT2D eigenvalue weighted by molar-refractivity contribution is 0.0523. The van der Waals surface area contributed by atoms with Crippen molar-refractivity contribution in [1.82, 2.24) is 0 Å². The summed E-state index contributed by atoms with van der Waals surface area (Å²) in [5, 5.41) is 0. The molecular weight excluding hydrogens is 344 g/mol. The van der Waals surface area contributed by atoms with Gasteiger partial charge in [-0.3, -0.25) is 4.79 Å². The SMILES string of the molecule is COc1cccc(CC2(C)CC(=O)c3cc(Br)ccc3O2)c1. The lowest BCUT2D eigenvalue weighted by Crippen LogP contribution is -2.41. The van der Waals surface area contributed by atoms with Crippen molar-refractivity contribution in [1.29, 1.82) is 0 Å². The third-order valence-corrected chi connectivity index (χ3v) is 4.34. The monoisotopic (exact) mass is 360 g/mol. The summed E-state index contributed by atoms with van der Waals surface area (Å²) < 4.78 is 12.3. The highest BCUT2D eigenvalue weighted by Crippen LogP contribution is 2.36. The van der Waals surface area contributed by atoms with E-state index in [1.807, 2.05) is 49.4 Å². The predicted molar refractivity (Wildman–Crippen MR) is 88.8 cm³/mol. The molecule has 1 heterocycles. The van der Waals surface area contributed by atoms with Gasteiger partial charge in [0.05, 0.1) is 19.1 Å². The summed E-state index contributed by atoms with van der Waals surface area (Å²) in [6.07, 6.45) is 1.03. The number of hydrogen-bond acceptors (Lipinski definition) is 3. The van der Waals surface area contributed by atoms with Crippen molar-refractivity contribution >= 4 is 21.7 Å². The van der Waals surface area contributed by atoms with Crippen LogP contribution in [0.15, 0.2) is 46.9 Å². The van der Waals surface area contributed by atoms with Crippen LogP contribution in [0, 0.1) is 0 Å². The minimum atomic E-state index is -0.537. The summed E-state index contributed by atoms with van der Waals surface area (Å²) in [4.78, 5) is 12.4. The van der Waals surface area contributed by atoms with Gasteiger partial charge < -0.3 is 9.47 Å². The molecule has 2 aromatic rings. The molecule has 0 aromatic heterocycles. The van der Waals surface area contributed by atoms with Gasteiger partial charge in [0.25, 0.3) is 0 Å². The molecule has 4 heteroatoms. The highest BCUT2D eigenvalue weighted by Gasteiger charge is 2.36. The van der Waals surface area contributed by atoms with Crippen LogP contribution in [0.4, 0.5) is 0 Å². The van der Waals surface area contributed by atoms with E-state index >= 15 is 0 Å². The van der Waals surface area contributed by atoms with Crippen LogP contribution in [0.2, 0.25) is 0 Å². The first kappa shape index (κ1) is 15.1. The number of benzene rings is 2. The average molecular weight is 361 g/mol. The molecule has 0 fully saturated rings. The van der Waals surface area contributed by atoms with Crippen LogP contribution in [0.3, 0.4) is 0 Å². The fraction of sp³-hybridized carbons (Fsp3) is 0.278. The summed E-state index contributed by atoms with van der Waals surface area (Å²) in [7, 11) is 1.65. The maximum atomic E-state index is 12.4. The first-order chi connectivity index (χ1) is 10.5. The molecule has 22 heavy (non-hydrogen) atoms. The van der Waals surface area contributed by atoms with Gasteiger partial charge in [0.1, 0.15) is 17.1 Å². The second-order valence-electron chi connectivity index (χ2n) is 5.82. The van der Waals surface area contributed by atoms with Gasteiger partial charge in [0, 0.05) is 10.9 Å². The van der Waals surface area contributed by atoms with Gasteiger partial charge in [-0.05, 0) is 42.8 Å². The first-order valence-corrected chi connectivity index (χ1v) is 7.93. The molecule has 0 bridgehead atoms. The van der Waals surface area contributed by atoms with Crippen LogP contribution in [-0.2, 0) is 6.42 Å². The molecule has 2 aromatic carbocycles. The number of methoxy groups -OCH3 is 1. The second-order valence-corrected chi connectivity index (χ2v) is 6.74. The minimum absolute atomic E-state index is 0.118. The van der Waals surface area contributed by atoms with Crippen molar-refractivity contribution in [2.45, 2.75) is 25.4 Å². The number of carbonyl (C=O) groups is 1. The fourth-order valence-corrected chi connectivity index (χ4v) is 3.22. The molecule has 0 saturated carbocycles. The number of carbonyl (C=O) groups excluding carboxylic acids is 1. The summed E-state index contributed by atoms with van der Waals surface area (Å²) in [6, 6.07) is 13.4. The van der Waals surface area contributed by atoms with Gasteiger partial charge in [0.15, 0.2) is 5.78 Å². The van der Waals surface area contributed by atoms with Gasteiger partial charge in [-0.25, -0.2) is 0 Å². The Morgan fingerprint density at radius 3 is 2.86 bits per heavy atom. The van der Waals surface area contributed by atoms with Crippen LogP contribution < -0.4 is 9.47 Å². The number of halogens is 1. The summed E-state index contributed by atoms with van der Waals surface area (Å²) in [5.74, 6) is 1.59. The number of Topliss-reactive ketones (excluding diaryl/α,β-unsaturated/α-hetero) is 1. The van der Waals surface area contributed by atoms with Crippen LogP contribution in [0.5, 0.6) is 11.5 Å². The molecule has 1 aliphatic heterocycles. The Hall–Kier alpha value is -1.81. The Bertz CT molecular complexity index is 726. The van der Waals surface area contributed by atoms with Gasteiger partial charge in [0.2, 0.25) is 0 Å². The minimum Gasteiger partial charge on any atom is -0.497 e. The van der Waals surface area contributed by atoms with Gasteiger partial charge in [-0.15, -0.1) is 0 Å².